The van der Waals surface area contributed by atoms with Crippen molar-refractivity contribution in [1.29, 1.82) is 0 Å². The third-order valence-electron chi connectivity index (χ3n) is 1.70. The van der Waals surface area contributed by atoms with Gasteiger partial charge in [-0.15, -0.1) is 0 Å². The molecule has 0 aromatic rings. The van der Waals surface area contributed by atoms with Gasteiger partial charge in [0.15, 0.2) is 0 Å². The molecular weight excluding hydrogens is 186 g/mol. The van der Waals surface area contributed by atoms with E-state index in [2.05, 4.69) is 5.32 Å². The molecule has 14 heavy (non-hydrogen) atoms. The SMILES string of the molecule is CC(C)(C)C(=O)N[C@H](CCO)C(=O)O. The van der Waals surface area contributed by atoms with Crippen LogP contribution in [0, 0.1) is 5.41 Å². The van der Waals surface area contributed by atoms with Crippen LogP contribution in [0.1, 0.15) is 27.2 Å². The molecule has 0 bridgehead atoms. The average molecular weight is 203 g/mol. The maximum atomic E-state index is 11.4. The number of aliphatic hydroxyl groups is 1. The molecule has 0 saturated carbocycles. The van der Waals surface area contributed by atoms with Crippen LogP contribution in [0.3, 0.4) is 0 Å². The standard InChI is InChI=1S/C9H17NO4/c1-9(2,3)8(14)10-6(4-5-11)7(12)13/h6,11H,4-5H2,1-3H3,(H,10,14)(H,12,13)/t6-/m1/s1. The van der Waals surface area contributed by atoms with Gasteiger partial charge >= 0.3 is 5.97 Å². The van der Waals surface area contributed by atoms with Crippen molar-refractivity contribution in [3.05, 3.63) is 0 Å². The maximum Gasteiger partial charge on any atom is 0.326 e. The molecule has 1 atom stereocenters. The molecule has 0 aliphatic heterocycles. The first kappa shape index (κ1) is 12.9. The van der Waals surface area contributed by atoms with Gasteiger partial charge in [-0.3, -0.25) is 4.79 Å². The lowest BCUT2D eigenvalue weighted by atomic mass is 9.95. The van der Waals surface area contributed by atoms with E-state index in [0.29, 0.717) is 0 Å². The Kier molecular flexibility index (Phi) is 4.56. The second kappa shape index (κ2) is 4.95. The van der Waals surface area contributed by atoms with Gasteiger partial charge in [-0.1, -0.05) is 20.8 Å². The second-order valence-electron chi connectivity index (χ2n) is 4.13. The van der Waals surface area contributed by atoms with Gasteiger partial charge in [-0.05, 0) is 0 Å². The Hall–Kier alpha value is -1.10. The first-order chi connectivity index (χ1) is 6.29. The van der Waals surface area contributed by atoms with Gasteiger partial charge in [-0.2, -0.15) is 0 Å². The number of nitrogens with one attached hydrogen (secondary N) is 1. The minimum Gasteiger partial charge on any atom is -0.480 e. The summed E-state index contributed by atoms with van der Waals surface area (Å²) in [6.45, 7) is 4.82. The van der Waals surface area contributed by atoms with Crippen molar-refractivity contribution < 1.29 is 19.8 Å². The molecule has 0 aliphatic rings. The number of amides is 1. The van der Waals surface area contributed by atoms with E-state index in [1.807, 2.05) is 0 Å². The van der Waals surface area contributed by atoms with E-state index >= 15 is 0 Å². The van der Waals surface area contributed by atoms with E-state index in [4.69, 9.17) is 10.2 Å². The predicted molar refractivity (Wildman–Crippen MR) is 50.7 cm³/mol. The van der Waals surface area contributed by atoms with Crippen LogP contribution in [0.25, 0.3) is 0 Å². The number of rotatable bonds is 4. The molecule has 0 heterocycles. The molecule has 82 valence electrons. The van der Waals surface area contributed by atoms with Gasteiger partial charge in [0.05, 0.1) is 0 Å². The van der Waals surface area contributed by atoms with Crippen molar-refractivity contribution in [1.82, 2.24) is 5.32 Å². The lowest BCUT2D eigenvalue weighted by Gasteiger charge is -2.21. The molecule has 0 aromatic carbocycles. The topological polar surface area (TPSA) is 86.6 Å². The van der Waals surface area contributed by atoms with Gasteiger partial charge in [-0.25, -0.2) is 4.79 Å². The molecule has 3 N–H and O–H groups in total. The van der Waals surface area contributed by atoms with Crippen LogP contribution in [-0.4, -0.2) is 34.7 Å². The molecule has 5 nitrogen and oxygen atoms in total. The maximum absolute atomic E-state index is 11.4. The summed E-state index contributed by atoms with van der Waals surface area (Å²) in [4.78, 5) is 22.0. The number of carbonyl (C=O) groups excluding carboxylic acids is 1. The number of carbonyl (C=O) groups is 2. The van der Waals surface area contributed by atoms with Crippen LogP contribution in [0.2, 0.25) is 0 Å². The van der Waals surface area contributed by atoms with E-state index in [1.54, 1.807) is 20.8 Å². The third-order valence-corrected chi connectivity index (χ3v) is 1.70. The van der Waals surface area contributed by atoms with Gasteiger partial charge in [0.2, 0.25) is 5.91 Å². The summed E-state index contributed by atoms with van der Waals surface area (Å²) >= 11 is 0. The zero-order chi connectivity index (χ0) is 11.4. The molecule has 0 radical (unpaired) electrons. The zero-order valence-corrected chi connectivity index (χ0v) is 8.70. The van der Waals surface area contributed by atoms with Gasteiger partial charge in [0, 0.05) is 18.4 Å². The molecule has 0 fully saturated rings. The van der Waals surface area contributed by atoms with Crippen LogP contribution in [0.15, 0.2) is 0 Å². The van der Waals surface area contributed by atoms with Crippen molar-refractivity contribution in [2.24, 2.45) is 5.41 Å². The predicted octanol–water partition coefficient (Wildman–Crippen LogP) is -0.0157. The fourth-order valence-electron chi connectivity index (χ4n) is 0.761. The van der Waals surface area contributed by atoms with Crippen LogP contribution >= 0.6 is 0 Å². The minimum atomic E-state index is -1.13. The van der Waals surface area contributed by atoms with E-state index in [0.717, 1.165) is 0 Å². The highest BCUT2D eigenvalue weighted by molar-refractivity contribution is 5.86. The molecule has 5 heteroatoms. The van der Waals surface area contributed by atoms with Crippen LogP contribution in [-0.2, 0) is 9.59 Å². The molecule has 0 spiro atoms. The van der Waals surface area contributed by atoms with Gasteiger partial charge in [0.25, 0.3) is 0 Å². The molecular formula is C9H17NO4. The fourth-order valence-corrected chi connectivity index (χ4v) is 0.761. The number of carboxylic acid groups (broad SMARTS) is 1. The Balaban J connectivity index is 4.31. The summed E-state index contributed by atoms with van der Waals surface area (Å²) in [5.41, 5.74) is -0.622. The summed E-state index contributed by atoms with van der Waals surface area (Å²) < 4.78 is 0. The number of hydrogen-bond acceptors (Lipinski definition) is 3. The van der Waals surface area contributed by atoms with Crippen molar-refractivity contribution in [3.8, 4) is 0 Å². The largest absolute Gasteiger partial charge is 0.480 e. The Morgan fingerprint density at radius 2 is 1.86 bits per heavy atom. The zero-order valence-electron chi connectivity index (χ0n) is 8.70. The lowest BCUT2D eigenvalue weighted by molar-refractivity contribution is -0.143. The van der Waals surface area contributed by atoms with E-state index in [9.17, 15) is 9.59 Å². The molecule has 0 rings (SSSR count). The highest BCUT2D eigenvalue weighted by Gasteiger charge is 2.26. The smallest absolute Gasteiger partial charge is 0.326 e. The summed E-state index contributed by atoms with van der Waals surface area (Å²) in [6.07, 6.45) is 0.0250. The van der Waals surface area contributed by atoms with Gasteiger partial charge < -0.3 is 15.5 Å². The monoisotopic (exact) mass is 203 g/mol. The number of aliphatic carboxylic acids is 1. The summed E-state index contributed by atoms with van der Waals surface area (Å²) in [6, 6.07) is -1.01. The normalized spacial score (nSPS) is 13.4. The molecule has 0 unspecified atom stereocenters. The quantitative estimate of drug-likeness (QED) is 0.599. The van der Waals surface area contributed by atoms with Crippen LogP contribution in [0.4, 0.5) is 0 Å². The third kappa shape index (κ3) is 4.23. The van der Waals surface area contributed by atoms with Crippen molar-refractivity contribution in [2.75, 3.05) is 6.61 Å². The van der Waals surface area contributed by atoms with Crippen molar-refractivity contribution in [2.45, 2.75) is 33.2 Å². The Morgan fingerprint density at radius 1 is 1.36 bits per heavy atom. The second-order valence-corrected chi connectivity index (χ2v) is 4.13. The minimum absolute atomic E-state index is 0.0250. The number of carboxylic acids is 1. The molecule has 0 aromatic heterocycles. The first-order valence-electron chi connectivity index (χ1n) is 4.43. The number of aliphatic hydroxyl groups excluding tert-OH is 1. The Bertz CT molecular complexity index is 219. The summed E-state index contributed by atoms with van der Waals surface area (Å²) in [7, 11) is 0. The van der Waals surface area contributed by atoms with Crippen LogP contribution in [0.5, 0.6) is 0 Å². The highest BCUT2D eigenvalue weighted by Crippen LogP contribution is 2.13. The van der Waals surface area contributed by atoms with Gasteiger partial charge in [0.1, 0.15) is 6.04 Å². The Labute approximate surface area is 83.1 Å². The first-order valence-corrected chi connectivity index (χ1v) is 4.43. The number of hydrogen-bond donors (Lipinski definition) is 3. The summed E-state index contributed by atoms with van der Waals surface area (Å²) in [5, 5.41) is 19.6. The fraction of sp³-hybridized carbons (Fsp3) is 0.778. The van der Waals surface area contributed by atoms with E-state index in [1.165, 1.54) is 0 Å². The van der Waals surface area contributed by atoms with Crippen molar-refractivity contribution in [3.63, 3.8) is 0 Å². The summed E-state index contributed by atoms with van der Waals surface area (Å²) in [5.74, 6) is -1.46. The molecule has 0 saturated heterocycles. The average Bonchev–Trinajstić information content (AvgIpc) is 2.01. The van der Waals surface area contributed by atoms with E-state index in [-0.39, 0.29) is 18.9 Å². The molecule has 1 amide bonds. The van der Waals surface area contributed by atoms with Crippen LogP contribution < -0.4 is 5.32 Å². The lowest BCUT2D eigenvalue weighted by Crippen LogP contribution is -2.46. The highest BCUT2D eigenvalue weighted by atomic mass is 16.4. The Morgan fingerprint density at radius 3 is 2.14 bits per heavy atom. The van der Waals surface area contributed by atoms with Crippen molar-refractivity contribution >= 4 is 11.9 Å². The van der Waals surface area contributed by atoms with E-state index < -0.39 is 17.4 Å². The molecule has 0 aliphatic carbocycles.